The van der Waals surface area contributed by atoms with Gasteiger partial charge in [0, 0.05) is 26.7 Å². The van der Waals surface area contributed by atoms with Crippen molar-refractivity contribution in [3.8, 4) is 0 Å². The van der Waals surface area contributed by atoms with Gasteiger partial charge in [0.1, 0.15) is 0 Å². The van der Waals surface area contributed by atoms with Crippen molar-refractivity contribution in [2.24, 2.45) is 0 Å². The van der Waals surface area contributed by atoms with Gasteiger partial charge in [0.15, 0.2) is 0 Å². The smallest absolute Gasteiger partial charge is 0.242 e. The first-order chi connectivity index (χ1) is 11.0. The first-order valence-electron chi connectivity index (χ1n) is 8.35. The van der Waals surface area contributed by atoms with Crippen LogP contribution in [0.4, 0.5) is 0 Å². The molecule has 1 aromatic carbocycles. The Morgan fingerprint density at radius 2 is 2.00 bits per heavy atom. The zero-order valence-corrected chi connectivity index (χ0v) is 14.8. The zero-order chi connectivity index (χ0) is 16.4. The highest BCUT2D eigenvalue weighted by molar-refractivity contribution is 7.89. The molecule has 2 aliphatic rings. The second-order valence-electron chi connectivity index (χ2n) is 6.68. The predicted molar refractivity (Wildman–Crippen MR) is 90.1 cm³/mol. The lowest BCUT2D eigenvalue weighted by Gasteiger charge is -2.32. The fourth-order valence-electron chi connectivity index (χ4n) is 3.41. The quantitative estimate of drug-likeness (QED) is 0.835. The average Bonchev–Trinajstić information content (AvgIpc) is 2.54. The van der Waals surface area contributed by atoms with E-state index < -0.39 is 10.0 Å². The van der Waals surface area contributed by atoms with E-state index in [2.05, 4.69) is 4.90 Å². The van der Waals surface area contributed by atoms with Gasteiger partial charge >= 0.3 is 0 Å². The van der Waals surface area contributed by atoms with Gasteiger partial charge in [-0.1, -0.05) is 6.07 Å². The van der Waals surface area contributed by atoms with Gasteiger partial charge in [0.05, 0.1) is 17.6 Å². The van der Waals surface area contributed by atoms with Crippen LogP contribution in [-0.2, 0) is 27.6 Å². The zero-order valence-electron chi connectivity index (χ0n) is 14.0. The third kappa shape index (κ3) is 3.76. The number of nitrogens with zero attached hydrogens (tertiary/aromatic N) is 2. The summed E-state index contributed by atoms with van der Waals surface area (Å²) in [6.45, 7) is 2.72. The van der Waals surface area contributed by atoms with E-state index in [0.29, 0.717) is 18.0 Å². The molecule has 0 saturated carbocycles. The lowest BCUT2D eigenvalue weighted by atomic mass is 9.92. The van der Waals surface area contributed by atoms with E-state index in [-0.39, 0.29) is 6.10 Å². The first-order valence-corrected chi connectivity index (χ1v) is 9.79. The number of fused-ring (bicyclic) bond motifs is 1. The van der Waals surface area contributed by atoms with Gasteiger partial charge in [-0.25, -0.2) is 8.42 Å². The van der Waals surface area contributed by atoms with Gasteiger partial charge < -0.3 is 9.64 Å². The molecule has 0 bridgehead atoms. The Morgan fingerprint density at radius 3 is 2.74 bits per heavy atom. The molecule has 6 heteroatoms. The van der Waals surface area contributed by atoms with Crippen LogP contribution in [0.3, 0.4) is 0 Å². The lowest BCUT2D eigenvalue weighted by Crippen LogP contribution is -2.46. The fraction of sp³-hybridized carbons (Fsp3) is 0.647. The molecule has 1 aliphatic heterocycles. The Kier molecular flexibility index (Phi) is 5.06. The van der Waals surface area contributed by atoms with E-state index in [1.54, 1.807) is 13.1 Å². The van der Waals surface area contributed by atoms with E-state index in [4.69, 9.17) is 4.74 Å². The minimum absolute atomic E-state index is 0.0637. The van der Waals surface area contributed by atoms with Gasteiger partial charge in [0.25, 0.3) is 0 Å². The van der Waals surface area contributed by atoms with Gasteiger partial charge in [-0.2, -0.15) is 4.31 Å². The van der Waals surface area contributed by atoms with Crippen LogP contribution in [0.5, 0.6) is 0 Å². The van der Waals surface area contributed by atoms with Crippen LogP contribution in [-0.4, -0.2) is 64.1 Å². The van der Waals surface area contributed by atoms with Crippen molar-refractivity contribution < 1.29 is 13.2 Å². The summed E-state index contributed by atoms with van der Waals surface area (Å²) in [4.78, 5) is 2.58. The fourth-order valence-corrected chi connectivity index (χ4v) is 4.67. The molecule has 1 heterocycles. The van der Waals surface area contributed by atoms with Crippen molar-refractivity contribution in [3.05, 3.63) is 29.3 Å². The summed E-state index contributed by atoms with van der Waals surface area (Å²) in [5, 5.41) is 0. The molecular weight excluding hydrogens is 312 g/mol. The second kappa shape index (κ2) is 6.89. The highest BCUT2D eigenvalue weighted by Crippen LogP contribution is 2.25. The van der Waals surface area contributed by atoms with Crippen molar-refractivity contribution in [3.63, 3.8) is 0 Å². The maximum absolute atomic E-state index is 12.8. The van der Waals surface area contributed by atoms with Crippen LogP contribution >= 0.6 is 0 Å². The topological polar surface area (TPSA) is 49.9 Å². The molecule has 1 fully saturated rings. The molecule has 1 aromatic rings. The molecule has 0 radical (unpaired) electrons. The monoisotopic (exact) mass is 338 g/mol. The molecule has 0 spiro atoms. The Morgan fingerprint density at radius 1 is 1.26 bits per heavy atom. The van der Waals surface area contributed by atoms with Crippen LogP contribution in [0.1, 0.15) is 24.0 Å². The molecule has 23 heavy (non-hydrogen) atoms. The molecule has 128 valence electrons. The third-order valence-corrected chi connectivity index (χ3v) is 6.65. The second-order valence-corrected chi connectivity index (χ2v) is 8.72. The van der Waals surface area contributed by atoms with Crippen molar-refractivity contribution >= 4 is 10.0 Å². The number of hydrogen-bond donors (Lipinski definition) is 0. The van der Waals surface area contributed by atoms with Crippen LogP contribution in [0, 0.1) is 0 Å². The summed E-state index contributed by atoms with van der Waals surface area (Å²) in [6, 6.07) is 5.61. The molecule has 1 atom stereocenters. The van der Waals surface area contributed by atoms with E-state index in [1.165, 1.54) is 21.9 Å². The maximum Gasteiger partial charge on any atom is 0.242 e. The molecular formula is C17H26N2O3S. The summed E-state index contributed by atoms with van der Waals surface area (Å²) >= 11 is 0. The number of likely N-dealkylation sites (N-methyl/N-ethyl adjacent to an activating group) is 2. The van der Waals surface area contributed by atoms with E-state index >= 15 is 0 Å². The summed E-state index contributed by atoms with van der Waals surface area (Å²) < 4.78 is 32.8. The number of sulfonamides is 1. The van der Waals surface area contributed by atoms with Crippen LogP contribution in [0.2, 0.25) is 0 Å². The minimum atomic E-state index is -3.45. The highest BCUT2D eigenvalue weighted by atomic mass is 32.2. The van der Waals surface area contributed by atoms with Crippen LogP contribution in [0.25, 0.3) is 0 Å². The Hall–Kier alpha value is -0.950. The number of ether oxygens (including phenoxy) is 1. The molecule has 1 saturated heterocycles. The number of benzene rings is 1. The van der Waals surface area contributed by atoms with Crippen molar-refractivity contribution in [1.29, 1.82) is 0 Å². The SMILES string of the molecule is CN1CCOC(CN(C)S(=O)(=O)c2ccc3c(c2)CCCC3)C1. The standard InChI is InChI=1S/C17H26N2O3S/c1-18-9-10-22-16(12-18)13-19(2)23(20,21)17-8-7-14-5-3-4-6-15(14)11-17/h7-8,11,16H,3-6,9-10,12-13H2,1-2H3. The Bertz CT molecular complexity index is 660. The van der Waals surface area contributed by atoms with E-state index in [0.717, 1.165) is 32.4 Å². The van der Waals surface area contributed by atoms with Crippen LogP contribution < -0.4 is 0 Å². The lowest BCUT2D eigenvalue weighted by molar-refractivity contribution is -0.0247. The van der Waals surface area contributed by atoms with Crippen LogP contribution in [0.15, 0.2) is 23.1 Å². The molecule has 0 N–H and O–H groups in total. The average molecular weight is 338 g/mol. The van der Waals surface area contributed by atoms with Crippen molar-refractivity contribution in [1.82, 2.24) is 9.21 Å². The minimum Gasteiger partial charge on any atom is -0.374 e. The number of hydrogen-bond acceptors (Lipinski definition) is 4. The highest BCUT2D eigenvalue weighted by Gasteiger charge is 2.27. The summed E-state index contributed by atoms with van der Waals surface area (Å²) in [5.74, 6) is 0. The normalized spacial score (nSPS) is 23.0. The van der Waals surface area contributed by atoms with Gasteiger partial charge in [0.2, 0.25) is 10.0 Å². The number of rotatable bonds is 4. The summed E-state index contributed by atoms with van der Waals surface area (Å²) in [7, 11) is 0.226. The van der Waals surface area contributed by atoms with E-state index in [9.17, 15) is 8.42 Å². The molecule has 1 aliphatic carbocycles. The Labute approximate surface area is 139 Å². The number of aryl methyl sites for hydroxylation is 2. The van der Waals surface area contributed by atoms with Gasteiger partial charge in [-0.15, -0.1) is 0 Å². The summed E-state index contributed by atoms with van der Waals surface area (Å²) in [5.41, 5.74) is 2.49. The van der Waals surface area contributed by atoms with Crippen molar-refractivity contribution in [2.75, 3.05) is 40.3 Å². The predicted octanol–water partition coefficient (Wildman–Crippen LogP) is 1.52. The van der Waals surface area contributed by atoms with Gasteiger partial charge in [-0.05, 0) is 56.0 Å². The molecule has 0 amide bonds. The number of morpholine rings is 1. The molecule has 3 rings (SSSR count). The molecule has 1 unspecified atom stereocenters. The van der Waals surface area contributed by atoms with Crippen molar-refractivity contribution in [2.45, 2.75) is 36.7 Å². The van der Waals surface area contributed by atoms with Gasteiger partial charge in [-0.3, -0.25) is 0 Å². The summed E-state index contributed by atoms with van der Waals surface area (Å²) in [6.07, 6.45) is 4.33. The third-order valence-electron chi connectivity index (χ3n) is 4.83. The molecule has 0 aromatic heterocycles. The largest absolute Gasteiger partial charge is 0.374 e. The van der Waals surface area contributed by atoms with E-state index in [1.807, 2.05) is 19.2 Å². The molecule has 5 nitrogen and oxygen atoms in total. The maximum atomic E-state index is 12.8. The Balaban J connectivity index is 1.75. The first kappa shape index (κ1) is 16.9.